The highest BCUT2D eigenvalue weighted by Crippen LogP contribution is 2.26. The van der Waals surface area contributed by atoms with Crippen LogP contribution in [0, 0.1) is 13.8 Å². The van der Waals surface area contributed by atoms with Crippen LogP contribution in [0.25, 0.3) is 0 Å². The van der Waals surface area contributed by atoms with Crippen LogP contribution in [-0.4, -0.2) is 11.4 Å². The highest BCUT2D eigenvalue weighted by atomic mass is 16.3. The third kappa shape index (κ3) is 1.57. The lowest BCUT2D eigenvalue weighted by atomic mass is 9.97. The van der Waals surface area contributed by atoms with Gasteiger partial charge in [0, 0.05) is 0 Å². The van der Waals surface area contributed by atoms with Crippen molar-refractivity contribution in [3.05, 3.63) is 28.3 Å². The van der Waals surface area contributed by atoms with E-state index in [9.17, 15) is 9.90 Å². The molecule has 0 aliphatic heterocycles. The molecule has 70 valence electrons. The molecule has 0 heterocycles. The number of carbonyl (C=O) groups is 1. The molecule has 0 fully saturated rings. The summed E-state index contributed by atoms with van der Waals surface area (Å²) in [6.07, 6.45) is 1.58. The van der Waals surface area contributed by atoms with Crippen molar-refractivity contribution in [2.75, 3.05) is 0 Å². The van der Waals surface area contributed by atoms with Gasteiger partial charge in [0.25, 0.3) is 0 Å². The Morgan fingerprint density at radius 1 is 1.38 bits per heavy atom. The minimum absolute atomic E-state index is 0.115. The number of aryl methyl sites for hydroxylation is 1. The monoisotopic (exact) mass is 178 g/mol. The van der Waals surface area contributed by atoms with Crippen molar-refractivity contribution in [3.63, 3.8) is 0 Å². The van der Waals surface area contributed by atoms with E-state index in [2.05, 4.69) is 0 Å². The Hall–Kier alpha value is -1.31. The number of hydrogen-bond acceptors (Lipinski definition) is 2. The van der Waals surface area contributed by atoms with E-state index in [-0.39, 0.29) is 5.75 Å². The fourth-order valence-corrected chi connectivity index (χ4v) is 1.46. The average molecular weight is 178 g/mol. The van der Waals surface area contributed by atoms with Crippen LogP contribution in [0.3, 0.4) is 0 Å². The Kier molecular flexibility index (Phi) is 2.71. The molecule has 0 aliphatic carbocycles. The zero-order valence-electron chi connectivity index (χ0n) is 8.22. The molecule has 0 saturated heterocycles. The van der Waals surface area contributed by atoms with Gasteiger partial charge in [-0.1, -0.05) is 6.92 Å². The van der Waals surface area contributed by atoms with Crippen LogP contribution in [0.4, 0.5) is 0 Å². The predicted molar refractivity (Wildman–Crippen MR) is 52.3 cm³/mol. The second-order valence-electron chi connectivity index (χ2n) is 3.19. The summed E-state index contributed by atoms with van der Waals surface area (Å²) in [4.78, 5) is 10.6. The van der Waals surface area contributed by atoms with Gasteiger partial charge in [-0.25, -0.2) is 0 Å². The summed E-state index contributed by atoms with van der Waals surface area (Å²) in [7, 11) is 0. The molecule has 0 spiro atoms. The molecule has 0 amide bonds. The molecule has 0 saturated carbocycles. The van der Waals surface area contributed by atoms with Crippen LogP contribution in [0.5, 0.6) is 5.75 Å². The molecule has 0 bridgehead atoms. The van der Waals surface area contributed by atoms with Crippen LogP contribution in [0.1, 0.15) is 34.0 Å². The number of hydrogen-bond donors (Lipinski definition) is 1. The molecule has 0 radical (unpaired) electrons. The molecule has 1 N–H and O–H groups in total. The van der Waals surface area contributed by atoms with Crippen molar-refractivity contribution in [2.24, 2.45) is 0 Å². The Bertz CT molecular complexity index is 340. The summed E-state index contributed by atoms with van der Waals surface area (Å²) in [6.45, 7) is 5.83. The van der Waals surface area contributed by atoms with Crippen molar-refractivity contribution >= 4 is 6.29 Å². The van der Waals surface area contributed by atoms with E-state index in [1.807, 2.05) is 20.8 Å². The summed E-state index contributed by atoms with van der Waals surface area (Å²) >= 11 is 0. The van der Waals surface area contributed by atoms with Crippen LogP contribution >= 0.6 is 0 Å². The first-order chi connectivity index (χ1) is 6.11. The highest BCUT2D eigenvalue weighted by Gasteiger charge is 2.09. The zero-order chi connectivity index (χ0) is 10.0. The Labute approximate surface area is 78.2 Å². The van der Waals surface area contributed by atoms with Crippen molar-refractivity contribution in [1.29, 1.82) is 0 Å². The number of aromatic hydroxyl groups is 1. The number of carbonyl (C=O) groups excluding carboxylic acids is 1. The Morgan fingerprint density at radius 2 is 2.00 bits per heavy atom. The number of rotatable bonds is 2. The zero-order valence-corrected chi connectivity index (χ0v) is 8.22. The maximum absolute atomic E-state index is 10.6. The average Bonchev–Trinajstić information content (AvgIpc) is 2.15. The van der Waals surface area contributed by atoms with E-state index in [1.54, 1.807) is 6.07 Å². The Morgan fingerprint density at radius 3 is 2.46 bits per heavy atom. The fraction of sp³-hybridized carbons (Fsp3) is 0.364. The van der Waals surface area contributed by atoms with Gasteiger partial charge in [-0.3, -0.25) is 4.79 Å². The molecular weight excluding hydrogens is 164 g/mol. The van der Waals surface area contributed by atoms with Gasteiger partial charge < -0.3 is 5.11 Å². The van der Waals surface area contributed by atoms with E-state index in [1.165, 1.54) is 0 Å². The molecule has 2 heteroatoms. The van der Waals surface area contributed by atoms with Crippen molar-refractivity contribution in [2.45, 2.75) is 27.2 Å². The van der Waals surface area contributed by atoms with Crippen LogP contribution in [-0.2, 0) is 6.42 Å². The largest absolute Gasteiger partial charge is 0.507 e. The van der Waals surface area contributed by atoms with E-state index in [0.717, 1.165) is 23.1 Å². The number of aldehydes is 1. The van der Waals surface area contributed by atoms with E-state index in [0.29, 0.717) is 11.8 Å². The third-order valence-corrected chi connectivity index (χ3v) is 2.51. The minimum Gasteiger partial charge on any atom is -0.507 e. The van der Waals surface area contributed by atoms with Gasteiger partial charge in [-0.05, 0) is 43.0 Å². The third-order valence-electron chi connectivity index (χ3n) is 2.51. The number of phenols is 1. The van der Waals surface area contributed by atoms with Crippen molar-refractivity contribution in [3.8, 4) is 5.75 Å². The predicted octanol–water partition coefficient (Wildman–Crippen LogP) is 2.38. The first-order valence-corrected chi connectivity index (χ1v) is 4.39. The fourth-order valence-electron chi connectivity index (χ4n) is 1.46. The SMILES string of the molecule is CCc1cc(C=O)c(O)c(C)c1C. The summed E-state index contributed by atoms with van der Waals surface area (Å²) in [5.41, 5.74) is 3.39. The maximum Gasteiger partial charge on any atom is 0.153 e. The van der Waals surface area contributed by atoms with E-state index in [4.69, 9.17) is 0 Å². The first-order valence-electron chi connectivity index (χ1n) is 4.39. The molecule has 13 heavy (non-hydrogen) atoms. The van der Waals surface area contributed by atoms with Crippen molar-refractivity contribution in [1.82, 2.24) is 0 Å². The summed E-state index contributed by atoms with van der Waals surface area (Å²) < 4.78 is 0. The molecule has 0 atom stereocenters. The number of phenolic OH excluding ortho intramolecular Hbond substituents is 1. The van der Waals surface area contributed by atoms with Gasteiger partial charge in [0.15, 0.2) is 6.29 Å². The summed E-state index contributed by atoms with van der Waals surface area (Å²) in [6, 6.07) is 1.75. The van der Waals surface area contributed by atoms with Crippen LogP contribution in [0.2, 0.25) is 0 Å². The normalized spacial score (nSPS) is 10.1. The smallest absolute Gasteiger partial charge is 0.153 e. The van der Waals surface area contributed by atoms with E-state index < -0.39 is 0 Å². The summed E-state index contributed by atoms with van der Waals surface area (Å²) in [5, 5.41) is 9.57. The Balaban J connectivity index is 3.45. The maximum atomic E-state index is 10.6. The molecule has 0 aromatic heterocycles. The summed E-state index contributed by atoms with van der Waals surface area (Å²) in [5.74, 6) is 0.115. The quantitative estimate of drug-likeness (QED) is 0.706. The van der Waals surface area contributed by atoms with Gasteiger partial charge in [0.2, 0.25) is 0 Å². The minimum atomic E-state index is 0.115. The first kappa shape index (κ1) is 9.78. The topological polar surface area (TPSA) is 37.3 Å². The van der Waals surface area contributed by atoms with Gasteiger partial charge in [-0.2, -0.15) is 0 Å². The molecule has 2 nitrogen and oxygen atoms in total. The van der Waals surface area contributed by atoms with Crippen LogP contribution in [0.15, 0.2) is 6.07 Å². The van der Waals surface area contributed by atoms with E-state index >= 15 is 0 Å². The van der Waals surface area contributed by atoms with Gasteiger partial charge in [0.1, 0.15) is 5.75 Å². The van der Waals surface area contributed by atoms with Gasteiger partial charge in [0.05, 0.1) is 5.56 Å². The molecule has 0 aliphatic rings. The second-order valence-corrected chi connectivity index (χ2v) is 3.19. The van der Waals surface area contributed by atoms with Gasteiger partial charge in [-0.15, -0.1) is 0 Å². The molecule has 0 unspecified atom stereocenters. The second kappa shape index (κ2) is 3.60. The number of benzene rings is 1. The molecule has 1 aromatic rings. The standard InChI is InChI=1S/C11H14O2/c1-4-9-5-10(6-12)11(13)8(3)7(9)2/h5-6,13H,4H2,1-3H3. The lowest BCUT2D eigenvalue weighted by Gasteiger charge is -2.10. The molecular formula is C11H14O2. The molecule has 1 rings (SSSR count). The van der Waals surface area contributed by atoms with Gasteiger partial charge >= 0.3 is 0 Å². The molecule has 1 aromatic carbocycles. The van der Waals surface area contributed by atoms with Crippen LogP contribution < -0.4 is 0 Å². The van der Waals surface area contributed by atoms with Crippen molar-refractivity contribution < 1.29 is 9.90 Å². The highest BCUT2D eigenvalue weighted by molar-refractivity contribution is 5.81. The lowest BCUT2D eigenvalue weighted by molar-refractivity contribution is 0.112. The lowest BCUT2D eigenvalue weighted by Crippen LogP contribution is -1.95.